The Morgan fingerprint density at radius 3 is 1.40 bits per heavy atom. The summed E-state index contributed by atoms with van der Waals surface area (Å²) in [6.45, 7) is 6.32. The smallest absolute Gasteiger partial charge is 0.306 e. The lowest BCUT2D eigenvalue weighted by atomic mass is 10.0. The van der Waals surface area contributed by atoms with Crippen LogP contribution in [0.15, 0.2) is 72.9 Å². The van der Waals surface area contributed by atoms with Crippen LogP contribution in [-0.4, -0.2) is 46.9 Å². The van der Waals surface area contributed by atoms with Crippen LogP contribution in [0.2, 0.25) is 0 Å². The molecule has 0 bridgehead atoms. The highest BCUT2D eigenvalue weighted by Gasteiger charge is 2.23. The van der Waals surface area contributed by atoms with Crippen molar-refractivity contribution in [2.24, 2.45) is 0 Å². The summed E-state index contributed by atoms with van der Waals surface area (Å²) in [6, 6.07) is -0.735. The van der Waals surface area contributed by atoms with E-state index in [0.29, 0.717) is 19.3 Å². The van der Waals surface area contributed by atoms with E-state index >= 15 is 0 Å². The van der Waals surface area contributed by atoms with Crippen molar-refractivity contribution >= 4 is 11.9 Å². The molecule has 0 aromatic rings. The molecule has 0 heterocycles. The number of carbonyl (C=O) groups is 2. The second-order valence-electron chi connectivity index (χ2n) is 16.8. The van der Waals surface area contributed by atoms with Gasteiger partial charge in [0.25, 0.3) is 0 Å². The van der Waals surface area contributed by atoms with Gasteiger partial charge >= 0.3 is 5.97 Å². The average Bonchev–Trinajstić information content (AvgIpc) is 3.24. The number of amides is 1. The van der Waals surface area contributed by atoms with Crippen molar-refractivity contribution < 1.29 is 24.5 Å². The van der Waals surface area contributed by atoms with E-state index in [9.17, 15) is 19.8 Å². The van der Waals surface area contributed by atoms with Gasteiger partial charge in [0.15, 0.2) is 0 Å². The average molecular weight is 838 g/mol. The summed E-state index contributed by atoms with van der Waals surface area (Å²) in [4.78, 5) is 26.1. The zero-order valence-electron chi connectivity index (χ0n) is 39.3. The Hall–Kier alpha value is -2.70. The minimum absolute atomic E-state index is 0.00595. The van der Waals surface area contributed by atoms with Crippen LogP contribution in [0.3, 0.4) is 0 Å². The Balaban J connectivity index is 4.74. The predicted molar refractivity (Wildman–Crippen MR) is 259 cm³/mol. The van der Waals surface area contributed by atoms with Gasteiger partial charge in [-0.2, -0.15) is 0 Å². The van der Waals surface area contributed by atoms with Gasteiger partial charge in [-0.1, -0.05) is 216 Å². The fourth-order valence-corrected chi connectivity index (χ4v) is 7.21. The van der Waals surface area contributed by atoms with E-state index < -0.39 is 18.2 Å². The van der Waals surface area contributed by atoms with Crippen molar-refractivity contribution in [3.8, 4) is 0 Å². The normalized spacial score (nSPS) is 13.9. The first kappa shape index (κ1) is 57.3. The molecule has 1 amide bonds. The zero-order valence-corrected chi connectivity index (χ0v) is 39.3. The number of ether oxygens (including phenoxy) is 1. The van der Waals surface area contributed by atoms with Crippen molar-refractivity contribution in [2.75, 3.05) is 6.61 Å². The van der Waals surface area contributed by atoms with Crippen LogP contribution >= 0.6 is 0 Å². The molecular formula is C54H95NO5. The van der Waals surface area contributed by atoms with Crippen LogP contribution in [0.1, 0.15) is 233 Å². The summed E-state index contributed by atoms with van der Waals surface area (Å²) in [5.74, 6) is -0.592. The van der Waals surface area contributed by atoms with Crippen molar-refractivity contribution in [3.05, 3.63) is 72.9 Å². The standard InChI is InChI=1S/C54H95NO5/c1-4-7-10-13-16-19-22-24-26-28-30-32-35-38-41-44-47-54(59)60-50(45-42-39-36-33-31-29-27-25-23-20-17-14-11-8-5-2)48-53(58)55-51(49-56)52(57)46-43-40-37-34-21-18-15-12-9-6-3/h8,11,17,20,25-28,31,33,39,42,50-52,56-57H,4-7,9-10,12-16,18-19,21-24,29-30,32,34-38,40-41,43-49H2,1-3H3,(H,55,58)/b11-8-,20-17-,27-25-,28-26+,33-31-,42-39-. The molecule has 346 valence electrons. The quantitative estimate of drug-likeness (QED) is 0.0323. The maximum Gasteiger partial charge on any atom is 0.306 e. The summed E-state index contributed by atoms with van der Waals surface area (Å²) in [6.07, 6.45) is 59.8. The van der Waals surface area contributed by atoms with E-state index in [0.717, 1.165) is 77.0 Å². The molecule has 0 aliphatic heterocycles. The molecule has 0 spiro atoms. The highest BCUT2D eigenvalue weighted by Crippen LogP contribution is 2.16. The van der Waals surface area contributed by atoms with Crippen molar-refractivity contribution in [3.63, 3.8) is 0 Å². The number of aliphatic hydroxyl groups is 2. The third kappa shape index (κ3) is 42.0. The highest BCUT2D eigenvalue weighted by atomic mass is 16.5. The van der Waals surface area contributed by atoms with Gasteiger partial charge in [-0.25, -0.2) is 0 Å². The summed E-state index contributed by atoms with van der Waals surface area (Å²) < 4.78 is 5.86. The molecule has 0 aliphatic carbocycles. The largest absolute Gasteiger partial charge is 0.461 e. The SMILES string of the molecule is CC/C=C\C/C=C\C/C=C\C/C=C\C/C=C\CC(CC(=O)NC(CO)C(O)CCCCCCCCCCCC)OC(=O)CCCCCCC/C=C/CCCCCCCCC. The molecule has 0 radical (unpaired) electrons. The molecule has 0 saturated heterocycles. The van der Waals surface area contributed by atoms with Crippen LogP contribution < -0.4 is 5.32 Å². The van der Waals surface area contributed by atoms with Crippen molar-refractivity contribution in [2.45, 2.75) is 251 Å². The predicted octanol–water partition coefficient (Wildman–Crippen LogP) is 15.0. The van der Waals surface area contributed by atoms with Crippen LogP contribution in [0.4, 0.5) is 0 Å². The lowest BCUT2D eigenvalue weighted by Gasteiger charge is -2.24. The first-order valence-corrected chi connectivity index (χ1v) is 25.2. The number of aliphatic hydroxyl groups excluding tert-OH is 2. The molecule has 0 aliphatic rings. The van der Waals surface area contributed by atoms with E-state index in [1.807, 2.05) is 12.2 Å². The van der Waals surface area contributed by atoms with Crippen molar-refractivity contribution in [1.82, 2.24) is 5.32 Å². The second kappa shape index (κ2) is 47.4. The van der Waals surface area contributed by atoms with Gasteiger partial charge in [-0.15, -0.1) is 0 Å². The summed E-state index contributed by atoms with van der Waals surface area (Å²) in [5.41, 5.74) is 0. The fraction of sp³-hybridized carbons (Fsp3) is 0.741. The number of unbranched alkanes of at least 4 members (excludes halogenated alkanes) is 21. The molecule has 6 heteroatoms. The maximum atomic E-state index is 13.2. The number of rotatable bonds is 44. The van der Waals surface area contributed by atoms with Crippen LogP contribution in [0, 0.1) is 0 Å². The molecule has 0 rings (SSSR count). The van der Waals surface area contributed by atoms with E-state index in [-0.39, 0.29) is 24.9 Å². The Labute approximate surface area is 371 Å². The molecule has 0 fully saturated rings. The van der Waals surface area contributed by atoms with Gasteiger partial charge in [0, 0.05) is 12.8 Å². The van der Waals surface area contributed by atoms with Gasteiger partial charge in [-0.05, 0) is 70.6 Å². The lowest BCUT2D eigenvalue weighted by molar-refractivity contribution is -0.150. The highest BCUT2D eigenvalue weighted by molar-refractivity contribution is 5.77. The monoisotopic (exact) mass is 838 g/mol. The van der Waals surface area contributed by atoms with Gasteiger partial charge in [0.2, 0.25) is 5.91 Å². The molecule has 3 atom stereocenters. The Kier molecular flexibility index (Phi) is 45.2. The molecule has 0 aromatic carbocycles. The number of esters is 1. The van der Waals surface area contributed by atoms with E-state index in [4.69, 9.17) is 4.74 Å². The van der Waals surface area contributed by atoms with Crippen LogP contribution in [0.5, 0.6) is 0 Å². The Bertz CT molecular complexity index is 1120. The van der Waals surface area contributed by atoms with E-state index in [2.05, 4.69) is 86.8 Å². The fourth-order valence-electron chi connectivity index (χ4n) is 7.21. The topological polar surface area (TPSA) is 95.9 Å². The molecule has 0 saturated carbocycles. The number of hydrogen-bond acceptors (Lipinski definition) is 5. The Morgan fingerprint density at radius 1 is 0.517 bits per heavy atom. The molecule has 0 aromatic heterocycles. The molecular weight excluding hydrogens is 743 g/mol. The van der Waals surface area contributed by atoms with Gasteiger partial charge in [0.1, 0.15) is 6.10 Å². The van der Waals surface area contributed by atoms with Gasteiger partial charge < -0.3 is 20.3 Å². The van der Waals surface area contributed by atoms with Crippen molar-refractivity contribution in [1.29, 1.82) is 0 Å². The summed E-state index contributed by atoms with van der Waals surface area (Å²) >= 11 is 0. The Morgan fingerprint density at radius 2 is 0.933 bits per heavy atom. The van der Waals surface area contributed by atoms with Crippen LogP contribution in [0.25, 0.3) is 0 Å². The summed E-state index contributed by atoms with van der Waals surface area (Å²) in [7, 11) is 0. The van der Waals surface area contributed by atoms with E-state index in [1.54, 1.807) is 0 Å². The zero-order chi connectivity index (χ0) is 43.8. The first-order valence-electron chi connectivity index (χ1n) is 25.2. The first-order chi connectivity index (χ1) is 29.5. The molecule has 3 N–H and O–H groups in total. The van der Waals surface area contributed by atoms with Gasteiger partial charge in [-0.3, -0.25) is 9.59 Å². The number of allylic oxidation sites excluding steroid dienone is 11. The maximum absolute atomic E-state index is 13.2. The second-order valence-corrected chi connectivity index (χ2v) is 16.8. The third-order valence-electron chi connectivity index (χ3n) is 11.0. The molecule has 3 unspecified atom stereocenters. The van der Waals surface area contributed by atoms with E-state index in [1.165, 1.54) is 109 Å². The number of hydrogen-bond donors (Lipinski definition) is 3. The minimum atomic E-state index is -0.814. The summed E-state index contributed by atoms with van der Waals surface area (Å²) in [5, 5.41) is 23.6. The van der Waals surface area contributed by atoms with Gasteiger partial charge in [0.05, 0.1) is 25.2 Å². The lowest BCUT2D eigenvalue weighted by Crippen LogP contribution is -2.46. The number of carbonyl (C=O) groups excluding carboxylic acids is 2. The molecule has 6 nitrogen and oxygen atoms in total. The molecule has 60 heavy (non-hydrogen) atoms. The van der Waals surface area contributed by atoms with Crippen LogP contribution in [-0.2, 0) is 14.3 Å². The third-order valence-corrected chi connectivity index (χ3v) is 11.0. The number of nitrogens with one attached hydrogen (secondary N) is 1. The minimum Gasteiger partial charge on any atom is -0.461 e.